The maximum absolute atomic E-state index is 11.9. The van der Waals surface area contributed by atoms with Crippen LogP contribution in [-0.4, -0.2) is 25.3 Å². The SMILES string of the molecule is CCCCS(=O)(=O)Nc1ccc(Nc2ccccc2OC(C)C)nc1. The van der Waals surface area contributed by atoms with E-state index in [9.17, 15) is 8.42 Å². The van der Waals surface area contributed by atoms with Gasteiger partial charge in [0.2, 0.25) is 10.0 Å². The zero-order chi connectivity index (χ0) is 18.3. The summed E-state index contributed by atoms with van der Waals surface area (Å²) in [5, 5.41) is 3.19. The number of nitrogens with zero attached hydrogens (tertiary/aromatic N) is 1. The van der Waals surface area contributed by atoms with Gasteiger partial charge in [0.1, 0.15) is 11.6 Å². The second-order valence-electron chi connectivity index (χ2n) is 5.99. The molecule has 2 aromatic rings. The minimum Gasteiger partial charge on any atom is -0.489 e. The number of ether oxygens (including phenoxy) is 1. The summed E-state index contributed by atoms with van der Waals surface area (Å²) in [7, 11) is -3.32. The first-order valence-electron chi connectivity index (χ1n) is 8.39. The summed E-state index contributed by atoms with van der Waals surface area (Å²) in [5.41, 5.74) is 1.26. The van der Waals surface area contributed by atoms with Crippen LogP contribution in [0.4, 0.5) is 17.2 Å². The van der Waals surface area contributed by atoms with Crippen LogP contribution in [0.3, 0.4) is 0 Å². The molecule has 0 unspecified atom stereocenters. The van der Waals surface area contributed by atoms with Crippen molar-refractivity contribution >= 4 is 27.2 Å². The van der Waals surface area contributed by atoms with Crippen molar-refractivity contribution in [3.05, 3.63) is 42.6 Å². The number of para-hydroxylation sites is 2. The lowest BCUT2D eigenvalue weighted by Crippen LogP contribution is -2.16. The summed E-state index contributed by atoms with van der Waals surface area (Å²) in [6.07, 6.45) is 3.03. The normalized spacial score (nSPS) is 11.4. The van der Waals surface area contributed by atoms with Crippen molar-refractivity contribution in [1.82, 2.24) is 4.98 Å². The summed E-state index contributed by atoms with van der Waals surface area (Å²) in [4.78, 5) is 4.27. The summed E-state index contributed by atoms with van der Waals surface area (Å²) in [6.45, 7) is 5.89. The molecular weight excluding hydrogens is 338 g/mol. The summed E-state index contributed by atoms with van der Waals surface area (Å²) in [5.74, 6) is 1.46. The number of benzene rings is 1. The Morgan fingerprint density at radius 3 is 2.56 bits per heavy atom. The van der Waals surface area contributed by atoms with Crippen LogP contribution in [0.5, 0.6) is 5.75 Å². The quantitative estimate of drug-likeness (QED) is 0.699. The van der Waals surface area contributed by atoms with Crippen LogP contribution in [0.25, 0.3) is 0 Å². The molecule has 1 aromatic carbocycles. The van der Waals surface area contributed by atoms with E-state index in [1.165, 1.54) is 6.20 Å². The average Bonchev–Trinajstić information content (AvgIpc) is 2.56. The average molecular weight is 363 g/mol. The Labute approximate surface area is 149 Å². The van der Waals surface area contributed by atoms with Gasteiger partial charge in [-0.2, -0.15) is 0 Å². The number of nitrogens with one attached hydrogen (secondary N) is 2. The zero-order valence-electron chi connectivity index (χ0n) is 14.8. The van der Waals surface area contributed by atoms with Crippen LogP contribution in [0, 0.1) is 0 Å². The van der Waals surface area contributed by atoms with E-state index in [1.54, 1.807) is 12.1 Å². The van der Waals surface area contributed by atoms with Gasteiger partial charge in [-0.3, -0.25) is 4.72 Å². The summed E-state index contributed by atoms with van der Waals surface area (Å²) in [6, 6.07) is 11.0. The molecule has 0 aliphatic heterocycles. The Hall–Kier alpha value is -2.28. The Bertz CT molecular complexity index is 774. The number of aromatic nitrogens is 1. The Kier molecular flexibility index (Phi) is 6.64. The van der Waals surface area contributed by atoms with Gasteiger partial charge in [0.05, 0.1) is 29.4 Å². The molecule has 0 amide bonds. The minimum absolute atomic E-state index is 0.0656. The molecule has 25 heavy (non-hydrogen) atoms. The van der Waals surface area contributed by atoms with Crippen molar-refractivity contribution in [2.24, 2.45) is 0 Å². The second-order valence-corrected chi connectivity index (χ2v) is 7.84. The first-order valence-corrected chi connectivity index (χ1v) is 10.0. The van der Waals surface area contributed by atoms with E-state index in [1.807, 2.05) is 45.0 Å². The van der Waals surface area contributed by atoms with Crippen molar-refractivity contribution in [1.29, 1.82) is 0 Å². The van der Waals surface area contributed by atoms with Crippen LogP contribution >= 0.6 is 0 Å². The fraction of sp³-hybridized carbons (Fsp3) is 0.389. The standard InChI is InChI=1S/C18H25N3O3S/c1-4-5-12-25(22,23)21-15-10-11-18(19-13-15)20-16-8-6-7-9-17(16)24-14(2)3/h6-11,13-14,21H,4-5,12H2,1-3H3,(H,19,20). The molecule has 1 aromatic heterocycles. The van der Waals surface area contributed by atoms with Crippen LogP contribution in [0.1, 0.15) is 33.6 Å². The van der Waals surface area contributed by atoms with Gasteiger partial charge in [-0.25, -0.2) is 13.4 Å². The fourth-order valence-electron chi connectivity index (χ4n) is 2.16. The van der Waals surface area contributed by atoms with Crippen LogP contribution in [-0.2, 0) is 10.0 Å². The van der Waals surface area contributed by atoms with Gasteiger partial charge >= 0.3 is 0 Å². The minimum atomic E-state index is -3.32. The van der Waals surface area contributed by atoms with Crippen molar-refractivity contribution < 1.29 is 13.2 Å². The molecule has 0 saturated heterocycles. The highest BCUT2D eigenvalue weighted by molar-refractivity contribution is 7.92. The summed E-state index contributed by atoms with van der Waals surface area (Å²) < 4.78 is 32.1. The highest BCUT2D eigenvalue weighted by atomic mass is 32.2. The Balaban J connectivity index is 2.06. The molecule has 0 fully saturated rings. The van der Waals surface area contributed by atoms with Gasteiger partial charge in [0.15, 0.2) is 0 Å². The molecule has 2 rings (SSSR count). The van der Waals surface area contributed by atoms with Crippen LogP contribution in [0.2, 0.25) is 0 Å². The smallest absolute Gasteiger partial charge is 0.232 e. The van der Waals surface area contributed by atoms with E-state index >= 15 is 0 Å². The highest BCUT2D eigenvalue weighted by Crippen LogP contribution is 2.27. The molecule has 0 bridgehead atoms. The topological polar surface area (TPSA) is 80.3 Å². The lowest BCUT2D eigenvalue weighted by molar-refractivity contribution is 0.244. The third-order valence-corrected chi connectivity index (χ3v) is 4.69. The summed E-state index contributed by atoms with van der Waals surface area (Å²) >= 11 is 0. The number of pyridine rings is 1. The number of hydrogen-bond acceptors (Lipinski definition) is 5. The molecule has 6 nitrogen and oxygen atoms in total. The van der Waals surface area contributed by atoms with Gasteiger partial charge in [0, 0.05) is 0 Å². The molecule has 136 valence electrons. The Morgan fingerprint density at radius 2 is 1.92 bits per heavy atom. The van der Waals surface area contributed by atoms with Crippen molar-refractivity contribution in [2.75, 3.05) is 15.8 Å². The zero-order valence-corrected chi connectivity index (χ0v) is 15.6. The van der Waals surface area contributed by atoms with Gasteiger partial charge in [-0.05, 0) is 44.5 Å². The van der Waals surface area contributed by atoms with Crippen LogP contribution in [0.15, 0.2) is 42.6 Å². The number of sulfonamides is 1. The molecule has 0 saturated carbocycles. The fourth-order valence-corrected chi connectivity index (χ4v) is 3.41. The van der Waals surface area contributed by atoms with E-state index in [0.717, 1.165) is 17.9 Å². The number of hydrogen-bond donors (Lipinski definition) is 2. The second kappa shape index (κ2) is 8.71. The molecule has 0 spiro atoms. The molecule has 0 aliphatic rings. The number of rotatable bonds is 9. The number of unbranched alkanes of at least 4 members (excludes halogenated alkanes) is 1. The monoisotopic (exact) mass is 363 g/mol. The van der Waals surface area contributed by atoms with Gasteiger partial charge in [-0.1, -0.05) is 25.5 Å². The van der Waals surface area contributed by atoms with Gasteiger partial charge < -0.3 is 10.1 Å². The van der Waals surface area contributed by atoms with E-state index in [2.05, 4.69) is 15.0 Å². The first kappa shape index (κ1) is 19.1. The van der Waals surface area contributed by atoms with Crippen molar-refractivity contribution in [2.45, 2.75) is 39.7 Å². The van der Waals surface area contributed by atoms with Crippen molar-refractivity contribution in [3.63, 3.8) is 0 Å². The van der Waals surface area contributed by atoms with E-state index < -0.39 is 10.0 Å². The predicted octanol–water partition coefficient (Wildman–Crippen LogP) is 4.15. The van der Waals surface area contributed by atoms with Crippen molar-refractivity contribution in [3.8, 4) is 5.75 Å². The first-order chi connectivity index (χ1) is 11.9. The molecule has 0 atom stereocenters. The predicted molar refractivity (Wildman–Crippen MR) is 102 cm³/mol. The van der Waals surface area contributed by atoms with Gasteiger partial charge in [-0.15, -0.1) is 0 Å². The molecule has 1 heterocycles. The van der Waals surface area contributed by atoms with E-state index in [-0.39, 0.29) is 11.9 Å². The number of anilines is 3. The maximum Gasteiger partial charge on any atom is 0.232 e. The lowest BCUT2D eigenvalue weighted by atomic mass is 10.3. The van der Waals surface area contributed by atoms with E-state index in [0.29, 0.717) is 17.9 Å². The molecule has 7 heteroatoms. The van der Waals surface area contributed by atoms with Gasteiger partial charge in [0.25, 0.3) is 0 Å². The lowest BCUT2D eigenvalue weighted by Gasteiger charge is -2.15. The molecule has 0 radical (unpaired) electrons. The third-order valence-electron chi connectivity index (χ3n) is 3.32. The highest BCUT2D eigenvalue weighted by Gasteiger charge is 2.10. The largest absolute Gasteiger partial charge is 0.489 e. The molecule has 0 aliphatic carbocycles. The maximum atomic E-state index is 11.9. The van der Waals surface area contributed by atoms with Crippen LogP contribution < -0.4 is 14.8 Å². The van der Waals surface area contributed by atoms with E-state index in [4.69, 9.17) is 4.74 Å². The molecule has 2 N–H and O–H groups in total. The third kappa shape index (κ3) is 6.26. The molecular formula is C18H25N3O3S. The Morgan fingerprint density at radius 1 is 1.16 bits per heavy atom.